The number of phenols is 1. The smallest absolute Gasteiger partial charge is 0.131 e. The van der Waals surface area contributed by atoms with E-state index in [9.17, 15) is 4.39 Å². The highest BCUT2D eigenvalue weighted by molar-refractivity contribution is 5.29. The van der Waals surface area contributed by atoms with E-state index in [1.807, 2.05) is 13.8 Å². The van der Waals surface area contributed by atoms with Crippen LogP contribution in [0.3, 0.4) is 0 Å². The van der Waals surface area contributed by atoms with Crippen LogP contribution in [0.2, 0.25) is 0 Å². The molecule has 0 saturated heterocycles. The Morgan fingerprint density at radius 3 is 2.62 bits per heavy atom. The standard InChI is InChI=1S/C12H18FNO2/c1-3-9(7-15)14-8(2)11-5-4-10(16)6-12(11)13/h4-6,8-9,14-16H,3,7H2,1-2H3/t8?,9-/m1/s1. The fourth-order valence-electron chi connectivity index (χ4n) is 1.61. The summed E-state index contributed by atoms with van der Waals surface area (Å²) < 4.78 is 13.5. The predicted octanol–water partition coefficient (Wildman–Crippen LogP) is 1.95. The number of benzene rings is 1. The number of phenolic OH excluding ortho intramolecular Hbond substituents is 1. The molecule has 0 amide bonds. The summed E-state index contributed by atoms with van der Waals surface area (Å²) in [4.78, 5) is 0. The average Bonchev–Trinajstić information content (AvgIpc) is 2.25. The molecule has 0 fully saturated rings. The molecule has 0 heterocycles. The van der Waals surface area contributed by atoms with E-state index in [0.29, 0.717) is 5.56 Å². The van der Waals surface area contributed by atoms with Crippen LogP contribution in [0.25, 0.3) is 0 Å². The van der Waals surface area contributed by atoms with Crippen LogP contribution in [-0.4, -0.2) is 22.9 Å². The first-order valence-electron chi connectivity index (χ1n) is 5.43. The summed E-state index contributed by atoms with van der Waals surface area (Å²) in [5.74, 6) is -0.518. The van der Waals surface area contributed by atoms with Crippen LogP contribution >= 0.6 is 0 Å². The molecule has 3 nitrogen and oxygen atoms in total. The SMILES string of the molecule is CC[C@H](CO)NC(C)c1ccc(O)cc1F. The van der Waals surface area contributed by atoms with E-state index in [-0.39, 0.29) is 24.4 Å². The van der Waals surface area contributed by atoms with Gasteiger partial charge in [-0.05, 0) is 19.4 Å². The first kappa shape index (κ1) is 12.9. The first-order valence-corrected chi connectivity index (χ1v) is 5.43. The predicted molar refractivity (Wildman–Crippen MR) is 60.8 cm³/mol. The molecule has 0 spiro atoms. The minimum absolute atomic E-state index is 0.0283. The molecule has 90 valence electrons. The second-order valence-corrected chi connectivity index (χ2v) is 3.88. The lowest BCUT2D eigenvalue weighted by molar-refractivity contribution is 0.229. The number of aromatic hydroxyl groups is 1. The summed E-state index contributed by atoms with van der Waals surface area (Å²) in [6.07, 6.45) is 0.778. The maximum absolute atomic E-state index is 13.5. The molecule has 0 aliphatic heterocycles. The molecule has 1 rings (SSSR count). The summed E-state index contributed by atoms with van der Waals surface area (Å²) >= 11 is 0. The number of aliphatic hydroxyl groups excluding tert-OH is 1. The molecule has 1 unspecified atom stereocenters. The van der Waals surface area contributed by atoms with E-state index in [0.717, 1.165) is 12.5 Å². The zero-order valence-corrected chi connectivity index (χ0v) is 9.57. The van der Waals surface area contributed by atoms with Crippen LogP contribution in [0, 0.1) is 5.82 Å². The second kappa shape index (κ2) is 5.82. The normalized spacial score (nSPS) is 14.8. The Morgan fingerprint density at radius 2 is 2.12 bits per heavy atom. The van der Waals surface area contributed by atoms with Crippen molar-refractivity contribution >= 4 is 0 Å². The maximum Gasteiger partial charge on any atom is 0.131 e. The van der Waals surface area contributed by atoms with E-state index in [4.69, 9.17) is 10.2 Å². The Labute approximate surface area is 94.9 Å². The molecular weight excluding hydrogens is 209 g/mol. The number of nitrogens with one attached hydrogen (secondary N) is 1. The molecule has 2 atom stereocenters. The molecular formula is C12H18FNO2. The highest BCUT2D eigenvalue weighted by atomic mass is 19.1. The van der Waals surface area contributed by atoms with Crippen LogP contribution in [0.15, 0.2) is 18.2 Å². The van der Waals surface area contributed by atoms with Gasteiger partial charge in [-0.25, -0.2) is 4.39 Å². The molecule has 4 heteroatoms. The topological polar surface area (TPSA) is 52.5 Å². The monoisotopic (exact) mass is 227 g/mol. The summed E-state index contributed by atoms with van der Waals surface area (Å²) in [6.45, 7) is 3.81. The molecule has 0 aromatic heterocycles. The molecule has 0 aliphatic carbocycles. The minimum Gasteiger partial charge on any atom is -0.508 e. The van der Waals surface area contributed by atoms with Crippen molar-refractivity contribution in [3.05, 3.63) is 29.6 Å². The van der Waals surface area contributed by atoms with E-state index in [1.54, 1.807) is 6.07 Å². The van der Waals surface area contributed by atoms with Crippen molar-refractivity contribution in [2.75, 3.05) is 6.61 Å². The summed E-state index contributed by atoms with van der Waals surface area (Å²) in [6, 6.07) is 3.86. The van der Waals surface area contributed by atoms with Gasteiger partial charge in [-0.1, -0.05) is 13.0 Å². The molecule has 0 bridgehead atoms. The highest BCUT2D eigenvalue weighted by Crippen LogP contribution is 2.21. The summed E-state index contributed by atoms with van der Waals surface area (Å²) in [5, 5.41) is 21.3. The van der Waals surface area contributed by atoms with Crippen molar-refractivity contribution in [2.45, 2.75) is 32.4 Å². The molecule has 0 saturated carbocycles. The third-order valence-corrected chi connectivity index (χ3v) is 2.65. The molecule has 16 heavy (non-hydrogen) atoms. The number of aliphatic hydroxyl groups is 1. The van der Waals surface area contributed by atoms with E-state index in [1.165, 1.54) is 6.07 Å². The Kier molecular flexibility index (Phi) is 4.71. The molecule has 1 aromatic carbocycles. The lowest BCUT2D eigenvalue weighted by atomic mass is 10.1. The first-order chi connectivity index (χ1) is 7.58. The highest BCUT2D eigenvalue weighted by Gasteiger charge is 2.14. The van der Waals surface area contributed by atoms with E-state index in [2.05, 4.69) is 5.32 Å². The number of hydrogen-bond acceptors (Lipinski definition) is 3. The second-order valence-electron chi connectivity index (χ2n) is 3.88. The van der Waals surface area contributed by atoms with Gasteiger partial charge >= 0.3 is 0 Å². The Hall–Kier alpha value is -1.13. The van der Waals surface area contributed by atoms with Gasteiger partial charge in [-0.15, -0.1) is 0 Å². The zero-order chi connectivity index (χ0) is 12.1. The van der Waals surface area contributed by atoms with E-state index >= 15 is 0 Å². The fraction of sp³-hybridized carbons (Fsp3) is 0.500. The van der Waals surface area contributed by atoms with Gasteiger partial charge in [0.25, 0.3) is 0 Å². The van der Waals surface area contributed by atoms with Crippen molar-refractivity contribution in [2.24, 2.45) is 0 Å². The van der Waals surface area contributed by atoms with Gasteiger partial charge in [-0.3, -0.25) is 0 Å². The van der Waals surface area contributed by atoms with Crippen LogP contribution < -0.4 is 5.32 Å². The summed E-state index contributed by atoms with van der Waals surface area (Å²) in [7, 11) is 0. The van der Waals surface area contributed by atoms with Gasteiger partial charge < -0.3 is 15.5 Å². The van der Waals surface area contributed by atoms with Crippen molar-refractivity contribution < 1.29 is 14.6 Å². The minimum atomic E-state index is -0.437. The lowest BCUT2D eigenvalue weighted by Gasteiger charge is -2.21. The Balaban J connectivity index is 2.76. The van der Waals surface area contributed by atoms with Crippen LogP contribution in [-0.2, 0) is 0 Å². The quantitative estimate of drug-likeness (QED) is 0.720. The van der Waals surface area contributed by atoms with Gasteiger partial charge in [0.1, 0.15) is 11.6 Å². The fourth-order valence-corrected chi connectivity index (χ4v) is 1.61. The average molecular weight is 227 g/mol. The summed E-state index contributed by atoms with van der Waals surface area (Å²) in [5.41, 5.74) is 0.490. The largest absolute Gasteiger partial charge is 0.508 e. The van der Waals surface area contributed by atoms with Crippen LogP contribution in [0.4, 0.5) is 4.39 Å². The Morgan fingerprint density at radius 1 is 1.44 bits per heavy atom. The van der Waals surface area contributed by atoms with Crippen molar-refractivity contribution in [3.8, 4) is 5.75 Å². The van der Waals surface area contributed by atoms with Crippen LogP contribution in [0.5, 0.6) is 5.75 Å². The molecule has 1 aromatic rings. The van der Waals surface area contributed by atoms with Gasteiger partial charge in [0.15, 0.2) is 0 Å². The van der Waals surface area contributed by atoms with Gasteiger partial charge in [0, 0.05) is 23.7 Å². The van der Waals surface area contributed by atoms with Crippen LogP contribution in [0.1, 0.15) is 31.9 Å². The van der Waals surface area contributed by atoms with Gasteiger partial charge in [0.2, 0.25) is 0 Å². The van der Waals surface area contributed by atoms with Gasteiger partial charge in [-0.2, -0.15) is 0 Å². The maximum atomic E-state index is 13.5. The number of hydrogen-bond donors (Lipinski definition) is 3. The van der Waals surface area contributed by atoms with Crippen molar-refractivity contribution in [1.29, 1.82) is 0 Å². The van der Waals surface area contributed by atoms with E-state index < -0.39 is 5.82 Å². The van der Waals surface area contributed by atoms with Gasteiger partial charge in [0.05, 0.1) is 6.61 Å². The Bertz CT molecular complexity index is 340. The zero-order valence-electron chi connectivity index (χ0n) is 9.57. The van der Waals surface area contributed by atoms with Crippen molar-refractivity contribution in [3.63, 3.8) is 0 Å². The molecule has 0 radical (unpaired) electrons. The third-order valence-electron chi connectivity index (χ3n) is 2.65. The molecule has 0 aliphatic rings. The molecule has 3 N–H and O–H groups in total. The number of halogens is 1. The van der Waals surface area contributed by atoms with Crippen molar-refractivity contribution in [1.82, 2.24) is 5.32 Å². The number of rotatable bonds is 5. The lowest BCUT2D eigenvalue weighted by Crippen LogP contribution is -2.34. The third kappa shape index (κ3) is 3.18.